The van der Waals surface area contributed by atoms with E-state index in [0.717, 1.165) is 19.4 Å². The van der Waals surface area contributed by atoms with Gasteiger partial charge in [-0.2, -0.15) is 0 Å². The molecule has 1 rings (SSSR count). The lowest BCUT2D eigenvalue weighted by Crippen LogP contribution is -2.18. The maximum absolute atomic E-state index is 9.29. The minimum Gasteiger partial charge on any atom is -0.382 e. The first-order valence-corrected chi connectivity index (χ1v) is 5.22. The van der Waals surface area contributed by atoms with E-state index in [-0.39, 0.29) is 10.9 Å². The average Bonchev–Trinajstić information content (AvgIpc) is 2.06. The molecule has 0 saturated carbocycles. The Morgan fingerprint density at radius 3 is 3.00 bits per heavy atom. The lowest BCUT2D eigenvalue weighted by atomic mass is 10.2. The molecule has 0 aliphatic carbocycles. The standard InChI is InChI=1S/C8H16O2S/c1-2-7(9)11-8-5-3-4-6-10-8/h7-9H,2-6H2,1H3. The Bertz CT molecular complexity index is 102. The van der Waals surface area contributed by atoms with Gasteiger partial charge in [-0.3, -0.25) is 0 Å². The van der Waals surface area contributed by atoms with E-state index in [2.05, 4.69) is 0 Å². The summed E-state index contributed by atoms with van der Waals surface area (Å²) in [4.78, 5) is 0. The fraction of sp³-hybridized carbons (Fsp3) is 1.00. The Balaban J connectivity index is 2.13. The molecule has 2 atom stereocenters. The highest BCUT2D eigenvalue weighted by molar-refractivity contribution is 8.00. The molecule has 2 nitrogen and oxygen atoms in total. The summed E-state index contributed by atoms with van der Waals surface area (Å²) in [5, 5.41) is 9.29. The van der Waals surface area contributed by atoms with Crippen molar-refractivity contribution in [2.75, 3.05) is 6.61 Å². The minimum atomic E-state index is -0.238. The molecule has 1 aliphatic heterocycles. The first kappa shape index (κ1) is 9.36. The van der Waals surface area contributed by atoms with Gasteiger partial charge in [-0.15, -0.1) is 0 Å². The number of hydrogen-bond donors (Lipinski definition) is 1. The number of aliphatic hydroxyl groups is 1. The van der Waals surface area contributed by atoms with Crippen LogP contribution in [-0.4, -0.2) is 22.6 Å². The van der Waals surface area contributed by atoms with Crippen LogP contribution in [0.25, 0.3) is 0 Å². The Hall–Kier alpha value is 0.270. The van der Waals surface area contributed by atoms with E-state index in [1.54, 1.807) is 11.8 Å². The van der Waals surface area contributed by atoms with Crippen molar-refractivity contribution in [2.45, 2.75) is 43.5 Å². The first-order chi connectivity index (χ1) is 5.33. The molecule has 11 heavy (non-hydrogen) atoms. The summed E-state index contributed by atoms with van der Waals surface area (Å²) < 4.78 is 5.45. The monoisotopic (exact) mass is 176 g/mol. The third-order valence-electron chi connectivity index (χ3n) is 1.80. The largest absolute Gasteiger partial charge is 0.382 e. The molecular formula is C8H16O2S. The van der Waals surface area contributed by atoms with Crippen LogP contribution in [0.3, 0.4) is 0 Å². The highest BCUT2D eigenvalue weighted by Crippen LogP contribution is 2.26. The lowest BCUT2D eigenvalue weighted by Gasteiger charge is -2.23. The van der Waals surface area contributed by atoms with Gasteiger partial charge in [0.05, 0.1) is 0 Å². The molecular weight excluding hydrogens is 160 g/mol. The van der Waals surface area contributed by atoms with Crippen molar-refractivity contribution in [1.82, 2.24) is 0 Å². The number of thioether (sulfide) groups is 1. The molecule has 2 unspecified atom stereocenters. The van der Waals surface area contributed by atoms with E-state index in [4.69, 9.17) is 4.74 Å². The Morgan fingerprint density at radius 1 is 1.64 bits per heavy atom. The van der Waals surface area contributed by atoms with Crippen LogP contribution in [0.2, 0.25) is 0 Å². The predicted octanol–water partition coefficient (Wildman–Crippen LogP) is 1.97. The predicted molar refractivity (Wildman–Crippen MR) is 47.5 cm³/mol. The molecule has 0 aromatic rings. The Kier molecular flexibility index (Phi) is 4.26. The van der Waals surface area contributed by atoms with Crippen LogP contribution in [0, 0.1) is 0 Å². The lowest BCUT2D eigenvalue weighted by molar-refractivity contribution is 0.0703. The summed E-state index contributed by atoms with van der Waals surface area (Å²) in [7, 11) is 0. The summed E-state index contributed by atoms with van der Waals surface area (Å²) in [5.41, 5.74) is 0.0109. The van der Waals surface area contributed by atoms with Crippen molar-refractivity contribution in [3.63, 3.8) is 0 Å². The number of rotatable bonds is 3. The van der Waals surface area contributed by atoms with Gasteiger partial charge in [0.1, 0.15) is 10.9 Å². The molecule has 0 spiro atoms. The molecule has 66 valence electrons. The Labute approximate surface area is 72.3 Å². The third kappa shape index (κ3) is 3.45. The van der Waals surface area contributed by atoms with Crippen LogP contribution in [0.5, 0.6) is 0 Å². The second-order valence-electron chi connectivity index (χ2n) is 2.80. The summed E-state index contributed by atoms with van der Waals surface area (Å²) in [6.07, 6.45) is 4.33. The van der Waals surface area contributed by atoms with Crippen molar-refractivity contribution < 1.29 is 9.84 Å². The summed E-state index contributed by atoms with van der Waals surface area (Å²) in [5.74, 6) is 0. The summed E-state index contributed by atoms with van der Waals surface area (Å²) in [6.45, 7) is 2.86. The zero-order valence-electron chi connectivity index (χ0n) is 6.95. The molecule has 0 bridgehead atoms. The fourth-order valence-corrected chi connectivity index (χ4v) is 2.11. The van der Waals surface area contributed by atoms with Gasteiger partial charge in [-0.05, 0) is 25.7 Å². The summed E-state index contributed by atoms with van der Waals surface area (Å²) in [6, 6.07) is 0. The third-order valence-corrected chi connectivity index (χ3v) is 3.12. The zero-order chi connectivity index (χ0) is 8.10. The molecule has 1 heterocycles. The van der Waals surface area contributed by atoms with Gasteiger partial charge in [0.25, 0.3) is 0 Å². The van der Waals surface area contributed by atoms with Crippen LogP contribution in [0.1, 0.15) is 32.6 Å². The molecule has 0 aromatic carbocycles. The van der Waals surface area contributed by atoms with Gasteiger partial charge in [0, 0.05) is 6.61 Å². The average molecular weight is 176 g/mol. The maximum atomic E-state index is 9.29. The topological polar surface area (TPSA) is 29.5 Å². The normalized spacial score (nSPS) is 28.4. The highest BCUT2D eigenvalue weighted by atomic mass is 32.2. The van der Waals surface area contributed by atoms with E-state index < -0.39 is 0 Å². The molecule has 0 radical (unpaired) electrons. The molecule has 1 saturated heterocycles. The SMILES string of the molecule is CCC(O)SC1CCCCO1. The van der Waals surface area contributed by atoms with Crippen LogP contribution >= 0.6 is 11.8 Å². The molecule has 1 fully saturated rings. The Morgan fingerprint density at radius 2 is 2.45 bits per heavy atom. The second kappa shape index (κ2) is 5.01. The number of aliphatic hydroxyl groups excluding tert-OH is 1. The molecule has 0 amide bonds. The van der Waals surface area contributed by atoms with E-state index in [9.17, 15) is 5.11 Å². The number of hydrogen-bond acceptors (Lipinski definition) is 3. The highest BCUT2D eigenvalue weighted by Gasteiger charge is 2.16. The van der Waals surface area contributed by atoms with Crippen LogP contribution in [0.4, 0.5) is 0 Å². The molecule has 3 heteroatoms. The quantitative estimate of drug-likeness (QED) is 0.667. The van der Waals surface area contributed by atoms with Crippen molar-refractivity contribution >= 4 is 11.8 Å². The first-order valence-electron chi connectivity index (χ1n) is 4.28. The summed E-state index contributed by atoms with van der Waals surface area (Å²) >= 11 is 1.55. The second-order valence-corrected chi connectivity index (χ2v) is 4.14. The fourth-order valence-electron chi connectivity index (χ4n) is 1.09. The van der Waals surface area contributed by atoms with E-state index in [1.807, 2.05) is 6.92 Å². The van der Waals surface area contributed by atoms with E-state index in [1.165, 1.54) is 12.8 Å². The van der Waals surface area contributed by atoms with E-state index >= 15 is 0 Å². The number of ether oxygens (including phenoxy) is 1. The van der Waals surface area contributed by atoms with Crippen LogP contribution < -0.4 is 0 Å². The van der Waals surface area contributed by atoms with Crippen molar-refractivity contribution in [1.29, 1.82) is 0 Å². The van der Waals surface area contributed by atoms with Crippen LogP contribution in [-0.2, 0) is 4.74 Å². The van der Waals surface area contributed by atoms with E-state index in [0.29, 0.717) is 0 Å². The van der Waals surface area contributed by atoms with Crippen LogP contribution in [0.15, 0.2) is 0 Å². The van der Waals surface area contributed by atoms with Crippen molar-refractivity contribution in [2.24, 2.45) is 0 Å². The van der Waals surface area contributed by atoms with Gasteiger partial charge in [-0.25, -0.2) is 0 Å². The molecule has 1 aliphatic rings. The maximum Gasteiger partial charge on any atom is 0.105 e. The zero-order valence-corrected chi connectivity index (χ0v) is 7.77. The van der Waals surface area contributed by atoms with Gasteiger partial charge in [0.15, 0.2) is 0 Å². The van der Waals surface area contributed by atoms with Gasteiger partial charge in [0.2, 0.25) is 0 Å². The smallest absolute Gasteiger partial charge is 0.105 e. The van der Waals surface area contributed by atoms with Crippen molar-refractivity contribution in [3.8, 4) is 0 Å². The van der Waals surface area contributed by atoms with Gasteiger partial charge < -0.3 is 9.84 Å². The molecule has 1 N–H and O–H groups in total. The van der Waals surface area contributed by atoms with Crippen molar-refractivity contribution in [3.05, 3.63) is 0 Å². The van der Waals surface area contributed by atoms with Gasteiger partial charge >= 0.3 is 0 Å². The minimum absolute atomic E-state index is 0.238. The van der Waals surface area contributed by atoms with Gasteiger partial charge in [-0.1, -0.05) is 18.7 Å². The molecule has 0 aromatic heterocycles.